The summed E-state index contributed by atoms with van der Waals surface area (Å²) in [6, 6.07) is 0.639. The van der Waals surface area contributed by atoms with Crippen LogP contribution < -0.4 is 5.32 Å². The molecular formula is C15H30N2O. The Labute approximate surface area is 112 Å². The monoisotopic (exact) mass is 254 g/mol. The minimum absolute atomic E-state index is 0.358. The lowest BCUT2D eigenvalue weighted by atomic mass is 9.79. The van der Waals surface area contributed by atoms with Crippen LogP contribution in [0.5, 0.6) is 0 Å². The van der Waals surface area contributed by atoms with Gasteiger partial charge >= 0.3 is 0 Å². The third kappa shape index (κ3) is 3.46. The molecule has 3 heteroatoms. The van der Waals surface area contributed by atoms with Gasteiger partial charge in [-0.2, -0.15) is 0 Å². The van der Waals surface area contributed by atoms with Crippen molar-refractivity contribution in [1.82, 2.24) is 10.2 Å². The van der Waals surface area contributed by atoms with Crippen LogP contribution in [0.3, 0.4) is 0 Å². The maximum Gasteiger partial charge on any atom is 0.0673 e. The van der Waals surface area contributed by atoms with Crippen LogP contribution in [0, 0.1) is 0 Å². The maximum absolute atomic E-state index is 5.71. The smallest absolute Gasteiger partial charge is 0.0673 e. The summed E-state index contributed by atoms with van der Waals surface area (Å²) in [7, 11) is 0. The molecule has 2 unspecified atom stereocenters. The van der Waals surface area contributed by atoms with Gasteiger partial charge in [-0.05, 0) is 33.6 Å². The Morgan fingerprint density at radius 1 is 1.33 bits per heavy atom. The predicted octanol–water partition coefficient (Wildman–Crippen LogP) is 2.41. The molecule has 0 aromatic rings. The van der Waals surface area contributed by atoms with Crippen molar-refractivity contribution in [2.45, 2.75) is 70.6 Å². The molecular weight excluding hydrogens is 224 g/mol. The highest BCUT2D eigenvalue weighted by Gasteiger charge is 2.38. The van der Waals surface area contributed by atoms with Gasteiger partial charge in [-0.15, -0.1) is 0 Å². The first kappa shape index (κ1) is 14.3. The standard InChI is InChI=1S/C15H30N2O/c1-4-18-14(3)11-17-12-15(16-10-13(17)2)8-6-5-7-9-15/h13-14,16H,4-12H2,1-3H3. The normalized spacial score (nSPS) is 30.5. The number of rotatable bonds is 4. The van der Waals surface area contributed by atoms with Crippen molar-refractivity contribution >= 4 is 0 Å². The molecule has 2 rings (SSSR count). The SMILES string of the molecule is CCOC(C)CN1CC2(CCCCC2)NCC1C. The Morgan fingerprint density at radius 2 is 2.06 bits per heavy atom. The second kappa shape index (κ2) is 6.36. The van der Waals surface area contributed by atoms with Gasteiger partial charge in [-0.25, -0.2) is 0 Å². The average Bonchev–Trinajstić information content (AvgIpc) is 2.36. The molecule has 2 atom stereocenters. The van der Waals surface area contributed by atoms with Crippen molar-refractivity contribution in [3.05, 3.63) is 0 Å². The Bertz CT molecular complexity index is 251. The lowest BCUT2D eigenvalue weighted by Gasteiger charge is -2.49. The van der Waals surface area contributed by atoms with E-state index in [-0.39, 0.29) is 0 Å². The van der Waals surface area contributed by atoms with E-state index in [9.17, 15) is 0 Å². The highest BCUT2D eigenvalue weighted by Crippen LogP contribution is 2.31. The fourth-order valence-electron chi connectivity index (χ4n) is 3.57. The van der Waals surface area contributed by atoms with E-state index in [0.717, 1.165) is 19.7 Å². The number of nitrogens with one attached hydrogen (secondary N) is 1. The topological polar surface area (TPSA) is 24.5 Å². The van der Waals surface area contributed by atoms with Gasteiger partial charge in [-0.3, -0.25) is 4.90 Å². The van der Waals surface area contributed by atoms with Crippen LogP contribution in [0.15, 0.2) is 0 Å². The van der Waals surface area contributed by atoms with Crippen LogP contribution in [0.25, 0.3) is 0 Å². The van der Waals surface area contributed by atoms with Crippen LogP contribution >= 0.6 is 0 Å². The van der Waals surface area contributed by atoms with Crippen molar-refractivity contribution in [1.29, 1.82) is 0 Å². The largest absolute Gasteiger partial charge is 0.377 e. The fraction of sp³-hybridized carbons (Fsp3) is 1.00. The molecule has 1 aliphatic heterocycles. The zero-order valence-electron chi connectivity index (χ0n) is 12.4. The molecule has 1 saturated heterocycles. The van der Waals surface area contributed by atoms with Gasteiger partial charge in [0.2, 0.25) is 0 Å². The van der Waals surface area contributed by atoms with Crippen molar-refractivity contribution in [2.75, 3.05) is 26.2 Å². The minimum atomic E-state index is 0.358. The molecule has 1 heterocycles. The molecule has 1 aliphatic carbocycles. The number of nitrogens with zero attached hydrogens (tertiary/aromatic N) is 1. The summed E-state index contributed by atoms with van der Waals surface area (Å²) in [5, 5.41) is 3.84. The first-order valence-electron chi connectivity index (χ1n) is 7.76. The van der Waals surface area contributed by atoms with E-state index in [1.165, 1.54) is 38.6 Å². The molecule has 0 amide bonds. The van der Waals surface area contributed by atoms with Crippen LogP contribution in [-0.2, 0) is 4.74 Å². The predicted molar refractivity (Wildman–Crippen MR) is 75.9 cm³/mol. The van der Waals surface area contributed by atoms with E-state index >= 15 is 0 Å². The minimum Gasteiger partial charge on any atom is -0.377 e. The van der Waals surface area contributed by atoms with Crippen molar-refractivity contribution in [2.24, 2.45) is 0 Å². The van der Waals surface area contributed by atoms with Crippen LogP contribution in [0.2, 0.25) is 0 Å². The quantitative estimate of drug-likeness (QED) is 0.834. The summed E-state index contributed by atoms with van der Waals surface area (Å²) >= 11 is 0. The number of piperazine rings is 1. The van der Waals surface area contributed by atoms with E-state index in [1.54, 1.807) is 0 Å². The van der Waals surface area contributed by atoms with Crippen molar-refractivity contribution < 1.29 is 4.74 Å². The molecule has 1 saturated carbocycles. The molecule has 0 radical (unpaired) electrons. The maximum atomic E-state index is 5.71. The zero-order chi connectivity index (χ0) is 13.0. The Kier molecular flexibility index (Phi) is 5.05. The van der Waals surface area contributed by atoms with Crippen molar-refractivity contribution in [3.63, 3.8) is 0 Å². The Morgan fingerprint density at radius 3 is 2.72 bits per heavy atom. The molecule has 0 aromatic heterocycles. The summed E-state index contributed by atoms with van der Waals surface area (Å²) in [5.41, 5.74) is 0.413. The van der Waals surface area contributed by atoms with Gasteiger partial charge in [0.05, 0.1) is 6.10 Å². The van der Waals surface area contributed by atoms with Crippen LogP contribution in [0.1, 0.15) is 52.9 Å². The van der Waals surface area contributed by atoms with E-state index in [1.807, 2.05) is 0 Å². The third-order valence-corrected chi connectivity index (χ3v) is 4.66. The first-order chi connectivity index (χ1) is 8.65. The highest BCUT2D eigenvalue weighted by atomic mass is 16.5. The molecule has 0 bridgehead atoms. The van der Waals surface area contributed by atoms with Gasteiger partial charge in [0.1, 0.15) is 0 Å². The van der Waals surface area contributed by atoms with E-state index in [4.69, 9.17) is 4.74 Å². The van der Waals surface area contributed by atoms with Crippen LogP contribution in [0.4, 0.5) is 0 Å². The number of hydrogen-bond donors (Lipinski definition) is 1. The molecule has 2 aliphatic rings. The molecule has 106 valence electrons. The van der Waals surface area contributed by atoms with Crippen molar-refractivity contribution in [3.8, 4) is 0 Å². The summed E-state index contributed by atoms with van der Waals surface area (Å²) in [4.78, 5) is 2.64. The molecule has 2 fully saturated rings. The van der Waals surface area contributed by atoms with Gasteiger partial charge < -0.3 is 10.1 Å². The average molecular weight is 254 g/mol. The molecule has 18 heavy (non-hydrogen) atoms. The van der Waals surface area contributed by atoms with E-state index in [2.05, 4.69) is 31.0 Å². The lowest BCUT2D eigenvalue weighted by molar-refractivity contribution is 0.00134. The second-order valence-electron chi connectivity index (χ2n) is 6.27. The Hall–Kier alpha value is -0.120. The highest BCUT2D eigenvalue weighted by molar-refractivity contribution is 4.99. The Balaban J connectivity index is 1.91. The van der Waals surface area contributed by atoms with E-state index in [0.29, 0.717) is 17.7 Å². The lowest BCUT2D eigenvalue weighted by Crippen LogP contribution is -2.64. The third-order valence-electron chi connectivity index (χ3n) is 4.66. The molecule has 0 aromatic carbocycles. The summed E-state index contributed by atoms with van der Waals surface area (Å²) in [5.74, 6) is 0. The van der Waals surface area contributed by atoms with Gasteiger partial charge in [0, 0.05) is 37.8 Å². The molecule has 3 nitrogen and oxygen atoms in total. The second-order valence-corrected chi connectivity index (χ2v) is 6.27. The molecule has 1 N–H and O–H groups in total. The van der Waals surface area contributed by atoms with Gasteiger partial charge in [-0.1, -0.05) is 19.3 Å². The number of hydrogen-bond acceptors (Lipinski definition) is 3. The molecule has 1 spiro atoms. The fourth-order valence-corrected chi connectivity index (χ4v) is 3.57. The van der Waals surface area contributed by atoms with Crippen LogP contribution in [-0.4, -0.2) is 48.8 Å². The summed E-state index contributed by atoms with van der Waals surface area (Å²) < 4.78 is 5.71. The summed E-state index contributed by atoms with van der Waals surface area (Å²) in [6.45, 7) is 10.9. The zero-order valence-corrected chi connectivity index (χ0v) is 12.4. The summed E-state index contributed by atoms with van der Waals surface area (Å²) in [6.07, 6.45) is 7.30. The first-order valence-corrected chi connectivity index (χ1v) is 7.76. The van der Waals surface area contributed by atoms with Gasteiger partial charge in [0.25, 0.3) is 0 Å². The van der Waals surface area contributed by atoms with E-state index < -0.39 is 0 Å². The number of ether oxygens (including phenoxy) is 1. The van der Waals surface area contributed by atoms with Gasteiger partial charge in [0.15, 0.2) is 0 Å².